The molecule has 0 fully saturated rings. The Hall–Kier alpha value is -4.53. The molecule has 0 aliphatic carbocycles. The van der Waals surface area contributed by atoms with Crippen molar-refractivity contribution in [3.8, 4) is 0 Å². The summed E-state index contributed by atoms with van der Waals surface area (Å²) >= 11 is 0. The summed E-state index contributed by atoms with van der Waals surface area (Å²) in [6, 6.07) is 9.34. The molecule has 0 radical (unpaired) electrons. The summed E-state index contributed by atoms with van der Waals surface area (Å²) in [6.07, 6.45) is 51.4. The lowest BCUT2D eigenvalue weighted by atomic mass is 9.94. The number of nitrogens with one attached hydrogen (secondary N) is 4. The van der Waals surface area contributed by atoms with E-state index in [2.05, 4.69) is 87.1 Å². The molecule has 0 saturated carbocycles. The number of rotatable bonds is 50. The highest BCUT2D eigenvalue weighted by Crippen LogP contribution is 2.22. The second-order valence-electron chi connectivity index (χ2n) is 22.5. The van der Waals surface area contributed by atoms with Crippen LogP contribution >= 0.6 is 0 Å². The number of carbonyl (C=O) groups excluding carboxylic acids is 5. The number of hydrogen-bond donors (Lipinski definition) is 4. The van der Waals surface area contributed by atoms with Crippen LogP contribution in [0.1, 0.15) is 330 Å². The monoisotopic (exact) mass is 1080 g/mol. The Bertz CT molecular complexity index is 1840. The molecule has 0 aliphatic heterocycles. The molecule has 0 aromatic heterocycles. The van der Waals surface area contributed by atoms with Crippen LogP contribution in [0.3, 0.4) is 0 Å². The number of amides is 4. The number of unbranched alkanes of at least 4 members (excludes halogenated alkanes) is 26. The first-order valence-corrected chi connectivity index (χ1v) is 32.4. The van der Waals surface area contributed by atoms with E-state index in [-0.39, 0.29) is 45.2 Å². The third kappa shape index (κ3) is 31.9. The van der Waals surface area contributed by atoms with E-state index in [1.807, 2.05) is 0 Å². The summed E-state index contributed by atoms with van der Waals surface area (Å²) in [4.78, 5) is 70.1. The second kappa shape index (κ2) is 47.3. The first-order chi connectivity index (χ1) is 38.1. The van der Waals surface area contributed by atoms with Crippen LogP contribution in [0.2, 0.25) is 0 Å². The summed E-state index contributed by atoms with van der Waals surface area (Å²) in [5.41, 5.74) is 1.16. The summed E-state index contributed by atoms with van der Waals surface area (Å²) < 4.78 is 0. The number of allylic oxidation sites excluding steroid dienone is 4. The molecule has 9 heteroatoms. The molecular formula is C69H114N4O5. The number of carbonyl (C=O) groups is 5. The topological polar surface area (TPSA) is 133 Å². The van der Waals surface area contributed by atoms with Crippen LogP contribution in [0.25, 0.3) is 0 Å². The van der Waals surface area contributed by atoms with E-state index >= 15 is 0 Å². The van der Waals surface area contributed by atoms with E-state index in [1.165, 1.54) is 141 Å². The molecule has 440 valence electrons. The van der Waals surface area contributed by atoms with Crippen LogP contribution in [0.5, 0.6) is 0 Å². The van der Waals surface area contributed by atoms with Crippen molar-refractivity contribution in [3.63, 3.8) is 0 Å². The van der Waals surface area contributed by atoms with Gasteiger partial charge >= 0.3 is 0 Å². The quantitative estimate of drug-likeness (QED) is 0.0297. The summed E-state index contributed by atoms with van der Waals surface area (Å²) in [6.45, 7) is 15.0. The van der Waals surface area contributed by atoms with E-state index in [0.717, 1.165) is 103 Å². The van der Waals surface area contributed by atoms with Crippen molar-refractivity contribution in [2.75, 3.05) is 26.2 Å². The van der Waals surface area contributed by atoms with Gasteiger partial charge in [0.2, 0.25) is 0 Å². The first kappa shape index (κ1) is 69.6. The Kier molecular flexibility index (Phi) is 42.2. The minimum Gasteiger partial charge on any atom is -0.352 e. The molecule has 0 aliphatic rings. The fourth-order valence-electron chi connectivity index (χ4n) is 10.2. The fourth-order valence-corrected chi connectivity index (χ4v) is 10.2. The van der Waals surface area contributed by atoms with Crippen molar-refractivity contribution in [2.24, 2.45) is 11.8 Å². The minimum atomic E-state index is -0.408. The van der Waals surface area contributed by atoms with Gasteiger partial charge in [-0.1, -0.05) is 232 Å². The van der Waals surface area contributed by atoms with Crippen LogP contribution in [-0.4, -0.2) is 55.6 Å². The van der Waals surface area contributed by atoms with Crippen molar-refractivity contribution < 1.29 is 24.0 Å². The predicted molar refractivity (Wildman–Crippen MR) is 331 cm³/mol. The van der Waals surface area contributed by atoms with Gasteiger partial charge in [-0.05, 0) is 113 Å². The van der Waals surface area contributed by atoms with Crippen molar-refractivity contribution in [3.05, 3.63) is 94.1 Å². The second-order valence-corrected chi connectivity index (χ2v) is 22.5. The first-order valence-electron chi connectivity index (χ1n) is 32.4. The van der Waals surface area contributed by atoms with E-state index in [1.54, 1.807) is 24.3 Å². The maximum Gasteiger partial charge on any atom is 0.252 e. The van der Waals surface area contributed by atoms with Crippen LogP contribution < -0.4 is 21.3 Å². The lowest BCUT2D eigenvalue weighted by Crippen LogP contribution is -2.33. The highest BCUT2D eigenvalue weighted by atomic mass is 16.2. The molecule has 4 amide bonds. The molecule has 0 heterocycles. The molecule has 2 aromatic rings. The normalized spacial score (nSPS) is 12.3. The van der Waals surface area contributed by atoms with Gasteiger partial charge in [-0.25, -0.2) is 0 Å². The lowest BCUT2D eigenvalue weighted by Gasteiger charge is -2.18. The van der Waals surface area contributed by atoms with Gasteiger partial charge in [0, 0.05) is 37.3 Å². The number of hydrogen-bond acceptors (Lipinski definition) is 5. The fraction of sp³-hybridized carbons (Fsp3) is 0.696. The van der Waals surface area contributed by atoms with Gasteiger partial charge in [-0.15, -0.1) is 0 Å². The zero-order valence-electron chi connectivity index (χ0n) is 50.8. The highest BCUT2D eigenvalue weighted by molar-refractivity contribution is 6.15. The maximum atomic E-state index is 14.4. The average molecular weight is 1080 g/mol. The molecule has 2 rings (SSSR count). The van der Waals surface area contributed by atoms with Crippen molar-refractivity contribution in [2.45, 2.75) is 273 Å². The summed E-state index contributed by atoms with van der Waals surface area (Å²) in [5.74, 6) is -1.30. The zero-order chi connectivity index (χ0) is 56.7. The molecule has 2 aromatic carbocycles. The van der Waals surface area contributed by atoms with Gasteiger partial charge in [0.25, 0.3) is 23.6 Å². The van der Waals surface area contributed by atoms with Crippen LogP contribution in [0.4, 0.5) is 0 Å². The largest absolute Gasteiger partial charge is 0.352 e. The zero-order valence-corrected chi connectivity index (χ0v) is 50.8. The molecule has 78 heavy (non-hydrogen) atoms. The minimum absolute atomic E-state index is 0.141. The molecule has 4 N–H and O–H groups in total. The average Bonchev–Trinajstić information content (AvgIpc) is 3.47. The van der Waals surface area contributed by atoms with Crippen molar-refractivity contribution in [1.29, 1.82) is 0 Å². The van der Waals surface area contributed by atoms with Gasteiger partial charge in [0.15, 0.2) is 5.78 Å². The molecule has 2 unspecified atom stereocenters. The smallest absolute Gasteiger partial charge is 0.252 e. The Labute approximate surface area is 477 Å². The van der Waals surface area contributed by atoms with Gasteiger partial charge in [-0.2, -0.15) is 0 Å². The van der Waals surface area contributed by atoms with Crippen LogP contribution in [0.15, 0.2) is 60.7 Å². The summed E-state index contributed by atoms with van der Waals surface area (Å²) in [7, 11) is 0. The molecule has 0 spiro atoms. The van der Waals surface area contributed by atoms with Gasteiger partial charge in [0.05, 0.1) is 22.3 Å². The number of ketones is 1. The van der Waals surface area contributed by atoms with E-state index in [9.17, 15) is 24.0 Å². The third-order valence-electron chi connectivity index (χ3n) is 15.7. The Morgan fingerprint density at radius 2 is 0.641 bits per heavy atom. The van der Waals surface area contributed by atoms with Crippen molar-refractivity contribution >= 4 is 29.4 Å². The van der Waals surface area contributed by atoms with Crippen LogP contribution in [0, 0.1) is 11.8 Å². The van der Waals surface area contributed by atoms with E-state index < -0.39 is 17.6 Å². The maximum absolute atomic E-state index is 14.4. The highest BCUT2D eigenvalue weighted by Gasteiger charge is 2.24. The van der Waals surface area contributed by atoms with E-state index in [4.69, 9.17) is 0 Å². The van der Waals surface area contributed by atoms with Crippen molar-refractivity contribution in [1.82, 2.24) is 21.3 Å². The Morgan fingerprint density at radius 3 is 0.962 bits per heavy atom. The molecule has 0 saturated heterocycles. The van der Waals surface area contributed by atoms with Gasteiger partial charge in [0.1, 0.15) is 0 Å². The Balaban J connectivity index is 2.13. The molecular weight excluding hydrogens is 965 g/mol. The standard InChI is InChI=1S/C69H114N4O5/c1-7-13-17-19-21-23-25-27-29-31-33-35-37-39-41-43-51-70-66(75)61-49-47-59(53-63(61)68(77)72-55-57(11-5)45-15-9-3)65(74)60-48-50-62(64(54-60)69(78)73-56-58(12-6)46-16-10-4)67(76)71-52-44-42-40-38-36-34-32-30-28-26-24-22-20-18-14-8-2/h27-30,47-50,53-54,57-58H,7-26,31-46,51-52,55-56H2,1-6H3,(H,70,75)(H,71,76)(H,72,77)(H,73,78)/b29-27-,30-28-. The van der Waals surface area contributed by atoms with Gasteiger partial charge in [-0.3, -0.25) is 24.0 Å². The summed E-state index contributed by atoms with van der Waals surface area (Å²) in [5, 5.41) is 12.3. The van der Waals surface area contributed by atoms with E-state index in [0.29, 0.717) is 38.0 Å². The Morgan fingerprint density at radius 1 is 0.346 bits per heavy atom. The number of benzene rings is 2. The van der Waals surface area contributed by atoms with Gasteiger partial charge < -0.3 is 21.3 Å². The molecule has 2 atom stereocenters. The molecule has 9 nitrogen and oxygen atoms in total. The molecule has 0 bridgehead atoms. The lowest BCUT2D eigenvalue weighted by molar-refractivity contribution is 0.0914. The predicted octanol–water partition coefficient (Wildman–Crippen LogP) is 18.3. The SMILES string of the molecule is CCCCCCCC/C=C\CCCCCCCCNC(=O)c1ccc(C(=O)c2ccc(C(=O)NCCCCCCCC/C=C\CCCCCCCC)c(C(=O)NCC(CC)CCCC)c2)cc1C(=O)NCC(CC)CCCC. The van der Waals surface area contributed by atoms with Crippen LogP contribution in [-0.2, 0) is 0 Å². The third-order valence-corrected chi connectivity index (χ3v) is 15.7.